The third-order valence-electron chi connectivity index (χ3n) is 5.20. The highest BCUT2D eigenvalue weighted by Gasteiger charge is 2.07. The van der Waals surface area contributed by atoms with E-state index in [0.29, 0.717) is 12.4 Å². The maximum atomic E-state index is 11.1. The second kappa shape index (κ2) is 16.6. The molecule has 0 aliphatic heterocycles. The standard InChI is InChI=1S/C14H14BrNO3S.C8H9BrO.C6H7NO3S/c15-12-3-1-11(2-4-12)9-10-19-13-5-7-14(8-6-13)20(16,17)18;9-8-3-1-7(2-4-8)5-6-10;7-11(9,10)6-3-1-5(8)2-4-6/h1-8H,9-10H2,(H2,16,17,18);1-4,10H,5-6H2;1-4,8H,(H2,7,9,10). The van der Waals surface area contributed by atoms with Gasteiger partial charge < -0.3 is 14.9 Å². The summed E-state index contributed by atoms with van der Waals surface area (Å²) < 4.78 is 51.2. The molecule has 6 N–H and O–H groups in total. The summed E-state index contributed by atoms with van der Waals surface area (Å²) in [6, 6.07) is 27.0. The van der Waals surface area contributed by atoms with E-state index < -0.39 is 20.0 Å². The first-order valence-corrected chi connectivity index (χ1v) is 16.6. The van der Waals surface area contributed by atoms with Gasteiger partial charge in [0.05, 0.1) is 16.4 Å². The van der Waals surface area contributed by atoms with Crippen molar-refractivity contribution in [1.29, 1.82) is 0 Å². The van der Waals surface area contributed by atoms with Crippen LogP contribution < -0.4 is 15.0 Å². The Labute approximate surface area is 257 Å². The van der Waals surface area contributed by atoms with Crippen molar-refractivity contribution in [3.63, 3.8) is 0 Å². The molecule has 0 fully saturated rings. The number of aliphatic hydroxyl groups excluding tert-OH is 1. The maximum absolute atomic E-state index is 11.1. The second-order valence-corrected chi connectivity index (χ2v) is 13.3. The predicted molar refractivity (Wildman–Crippen MR) is 166 cm³/mol. The molecule has 0 aliphatic carbocycles. The first-order chi connectivity index (χ1) is 19.3. The number of phenolic OH excluding ortho intramolecular Hbond substituents is 1. The molecule has 0 aliphatic rings. The van der Waals surface area contributed by atoms with Gasteiger partial charge in [-0.2, -0.15) is 0 Å². The van der Waals surface area contributed by atoms with Crippen LogP contribution in [0.3, 0.4) is 0 Å². The normalized spacial score (nSPS) is 11.0. The van der Waals surface area contributed by atoms with Gasteiger partial charge in [0.2, 0.25) is 20.0 Å². The van der Waals surface area contributed by atoms with E-state index in [9.17, 15) is 16.8 Å². The van der Waals surface area contributed by atoms with E-state index in [1.54, 1.807) is 12.1 Å². The summed E-state index contributed by atoms with van der Waals surface area (Å²) in [7, 11) is -7.28. The van der Waals surface area contributed by atoms with Crippen molar-refractivity contribution in [2.45, 2.75) is 22.6 Å². The summed E-state index contributed by atoms with van der Waals surface area (Å²) in [5, 5.41) is 27.2. The number of aromatic hydroxyl groups is 1. The average molecular weight is 730 g/mol. The number of ether oxygens (including phenoxy) is 1. The van der Waals surface area contributed by atoms with Gasteiger partial charge in [-0.15, -0.1) is 0 Å². The van der Waals surface area contributed by atoms with Crippen LogP contribution >= 0.6 is 31.9 Å². The molecular weight excluding hydrogens is 700 g/mol. The van der Waals surface area contributed by atoms with Crippen molar-refractivity contribution >= 4 is 51.9 Å². The van der Waals surface area contributed by atoms with E-state index in [1.807, 2.05) is 48.5 Å². The number of sulfonamides is 2. The Hall–Kier alpha value is -2.78. The predicted octanol–water partition coefficient (Wildman–Crippen LogP) is 4.74. The lowest BCUT2D eigenvalue weighted by Crippen LogP contribution is -2.11. The molecule has 4 aromatic carbocycles. The van der Waals surface area contributed by atoms with Gasteiger partial charge in [-0.05, 0) is 90.3 Å². The number of benzene rings is 4. The molecule has 0 bridgehead atoms. The SMILES string of the molecule is NS(=O)(=O)c1ccc(O)cc1.NS(=O)(=O)c1ccc(OCCc2ccc(Br)cc2)cc1.OCCc1ccc(Br)cc1. The average Bonchev–Trinajstić information content (AvgIpc) is 2.92. The Bertz CT molecular complexity index is 1570. The zero-order valence-electron chi connectivity index (χ0n) is 21.7. The molecule has 4 aromatic rings. The fourth-order valence-electron chi connectivity index (χ4n) is 3.08. The molecule has 220 valence electrons. The molecule has 0 spiro atoms. The number of hydrogen-bond acceptors (Lipinski definition) is 7. The van der Waals surface area contributed by atoms with Crippen LogP contribution in [0, 0.1) is 0 Å². The smallest absolute Gasteiger partial charge is 0.238 e. The van der Waals surface area contributed by atoms with Crippen LogP contribution in [0.1, 0.15) is 11.1 Å². The van der Waals surface area contributed by atoms with Crippen LogP contribution in [0.2, 0.25) is 0 Å². The molecule has 0 heterocycles. The van der Waals surface area contributed by atoms with Crippen molar-refractivity contribution in [2.24, 2.45) is 10.3 Å². The molecule has 0 radical (unpaired) electrons. The van der Waals surface area contributed by atoms with Crippen molar-refractivity contribution in [3.8, 4) is 11.5 Å². The Kier molecular flexibility index (Phi) is 13.9. The Morgan fingerprint density at radius 2 is 1.00 bits per heavy atom. The first-order valence-electron chi connectivity index (χ1n) is 11.9. The van der Waals surface area contributed by atoms with E-state index in [0.717, 1.165) is 21.8 Å². The van der Waals surface area contributed by atoms with E-state index in [-0.39, 0.29) is 22.1 Å². The van der Waals surface area contributed by atoms with Crippen LogP contribution in [0.5, 0.6) is 11.5 Å². The minimum atomic E-state index is -3.65. The number of phenols is 1. The van der Waals surface area contributed by atoms with Crippen molar-refractivity contribution in [2.75, 3.05) is 13.2 Å². The third kappa shape index (κ3) is 13.6. The molecule has 0 aromatic heterocycles. The molecule has 0 atom stereocenters. The number of aliphatic hydroxyl groups is 1. The molecule has 0 unspecified atom stereocenters. The van der Waals surface area contributed by atoms with E-state index in [4.69, 9.17) is 25.2 Å². The molecule has 9 nitrogen and oxygen atoms in total. The topological polar surface area (TPSA) is 170 Å². The van der Waals surface area contributed by atoms with Gasteiger partial charge in [-0.1, -0.05) is 56.1 Å². The van der Waals surface area contributed by atoms with Gasteiger partial charge in [-0.25, -0.2) is 27.1 Å². The van der Waals surface area contributed by atoms with Crippen LogP contribution in [0.4, 0.5) is 0 Å². The van der Waals surface area contributed by atoms with Crippen LogP contribution in [0.25, 0.3) is 0 Å². The van der Waals surface area contributed by atoms with Gasteiger partial charge in [0, 0.05) is 22.0 Å². The quantitative estimate of drug-likeness (QED) is 0.203. The van der Waals surface area contributed by atoms with Gasteiger partial charge in [0.15, 0.2) is 0 Å². The zero-order chi connectivity index (χ0) is 30.5. The molecule has 0 amide bonds. The Morgan fingerprint density at radius 1 is 0.610 bits per heavy atom. The minimum Gasteiger partial charge on any atom is -0.508 e. The van der Waals surface area contributed by atoms with Gasteiger partial charge in [0.1, 0.15) is 11.5 Å². The zero-order valence-corrected chi connectivity index (χ0v) is 26.5. The van der Waals surface area contributed by atoms with Crippen molar-refractivity contribution in [3.05, 3.63) is 117 Å². The van der Waals surface area contributed by atoms with Gasteiger partial charge in [0.25, 0.3) is 0 Å². The van der Waals surface area contributed by atoms with Crippen LogP contribution in [-0.2, 0) is 32.9 Å². The molecule has 41 heavy (non-hydrogen) atoms. The monoisotopic (exact) mass is 728 g/mol. The van der Waals surface area contributed by atoms with E-state index in [1.165, 1.54) is 47.5 Å². The molecule has 4 rings (SSSR count). The number of nitrogens with two attached hydrogens (primary N) is 2. The van der Waals surface area contributed by atoms with Gasteiger partial charge in [-0.3, -0.25) is 0 Å². The van der Waals surface area contributed by atoms with Crippen LogP contribution in [0.15, 0.2) is 116 Å². The van der Waals surface area contributed by atoms with Gasteiger partial charge >= 0.3 is 0 Å². The highest BCUT2D eigenvalue weighted by atomic mass is 79.9. The van der Waals surface area contributed by atoms with Crippen LogP contribution in [-0.4, -0.2) is 40.3 Å². The third-order valence-corrected chi connectivity index (χ3v) is 8.12. The lowest BCUT2D eigenvalue weighted by atomic mass is 10.2. The first kappa shape index (κ1) is 34.4. The summed E-state index contributed by atoms with van der Waals surface area (Å²) in [5.41, 5.74) is 2.35. The van der Waals surface area contributed by atoms with Crippen molar-refractivity contribution in [1.82, 2.24) is 0 Å². The number of hydrogen-bond donors (Lipinski definition) is 4. The Balaban J connectivity index is 0.000000236. The van der Waals surface area contributed by atoms with Crippen molar-refractivity contribution < 1.29 is 31.8 Å². The summed E-state index contributed by atoms with van der Waals surface area (Å²) in [6.45, 7) is 0.748. The fourth-order valence-corrected chi connectivity index (χ4v) is 4.64. The highest BCUT2D eigenvalue weighted by molar-refractivity contribution is 9.10. The molecule has 13 heteroatoms. The second-order valence-electron chi connectivity index (χ2n) is 8.38. The summed E-state index contributed by atoms with van der Waals surface area (Å²) in [6.07, 6.45) is 1.53. The maximum Gasteiger partial charge on any atom is 0.238 e. The van der Waals surface area contributed by atoms with E-state index in [2.05, 4.69) is 31.9 Å². The fraction of sp³-hybridized carbons (Fsp3) is 0.143. The lowest BCUT2D eigenvalue weighted by molar-refractivity contribution is 0.299. The Morgan fingerprint density at radius 3 is 1.39 bits per heavy atom. The highest BCUT2D eigenvalue weighted by Crippen LogP contribution is 2.16. The summed E-state index contributed by atoms with van der Waals surface area (Å²) in [4.78, 5) is 0.0769. The number of primary sulfonamides is 2. The molecule has 0 saturated heterocycles. The largest absolute Gasteiger partial charge is 0.508 e. The lowest BCUT2D eigenvalue weighted by Gasteiger charge is -2.07. The number of rotatable bonds is 8. The summed E-state index contributed by atoms with van der Waals surface area (Å²) >= 11 is 6.72. The summed E-state index contributed by atoms with van der Waals surface area (Å²) in [5.74, 6) is 0.631. The minimum absolute atomic E-state index is 0.00435. The number of halogens is 2. The molecular formula is C28H30Br2N2O7S2. The molecule has 0 saturated carbocycles. The van der Waals surface area contributed by atoms with E-state index >= 15 is 0 Å².